The second kappa shape index (κ2) is 6.84. The Balaban J connectivity index is 1.71. The predicted molar refractivity (Wildman–Crippen MR) is 88.4 cm³/mol. The maximum Gasteiger partial charge on any atom is 0.118 e. The van der Waals surface area contributed by atoms with Gasteiger partial charge in [0.25, 0.3) is 0 Å². The summed E-state index contributed by atoms with van der Waals surface area (Å²) in [5, 5.41) is 0. The Morgan fingerprint density at radius 2 is 1.50 bits per heavy atom. The van der Waals surface area contributed by atoms with Crippen molar-refractivity contribution in [3.63, 3.8) is 0 Å². The van der Waals surface area contributed by atoms with Gasteiger partial charge in [0.05, 0.1) is 14.2 Å². The fourth-order valence-electron chi connectivity index (χ4n) is 3.18. The summed E-state index contributed by atoms with van der Waals surface area (Å²) < 4.78 is 10.5. The van der Waals surface area contributed by atoms with Gasteiger partial charge in [-0.05, 0) is 54.8 Å². The average molecular weight is 297 g/mol. The van der Waals surface area contributed by atoms with Crippen LogP contribution in [-0.4, -0.2) is 25.7 Å². The summed E-state index contributed by atoms with van der Waals surface area (Å²) in [5.74, 6) is 1.83. The molecular formula is C19H23NO2. The SMILES string of the molecule is COc1ccc(CN2CCC[C@H]2c2ccc(OC)cc2)cc1. The van der Waals surface area contributed by atoms with E-state index in [4.69, 9.17) is 9.47 Å². The largest absolute Gasteiger partial charge is 0.497 e. The molecule has 0 aliphatic carbocycles. The summed E-state index contributed by atoms with van der Waals surface area (Å²) in [6.07, 6.45) is 2.48. The maximum atomic E-state index is 5.25. The molecule has 0 radical (unpaired) electrons. The zero-order valence-corrected chi connectivity index (χ0v) is 13.3. The molecule has 3 nitrogen and oxygen atoms in total. The molecule has 3 heteroatoms. The lowest BCUT2D eigenvalue weighted by atomic mass is 10.0. The number of hydrogen-bond donors (Lipinski definition) is 0. The van der Waals surface area contributed by atoms with Crippen LogP contribution in [0.5, 0.6) is 11.5 Å². The molecule has 1 aliphatic heterocycles. The van der Waals surface area contributed by atoms with Crippen molar-refractivity contribution in [2.75, 3.05) is 20.8 Å². The third-order valence-corrected chi connectivity index (χ3v) is 4.41. The molecule has 1 heterocycles. The molecule has 0 amide bonds. The molecular weight excluding hydrogens is 274 g/mol. The van der Waals surface area contributed by atoms with Crippen LogP contribution in [0.25, 0.3) is 0 Å². The second-order valence-electron chi connectivity index (χ2n) is 5.75. The Labute approximate surface area is 132 Å². The van der Waals surface area contributed by atoms with Gasteiger partial charge in [0.2, 0.25) is 0 Å². The standard InChI is InChI=1S/C19H23NO2/c1-21-17-9-5-15(6-10-17)14-20-13-3-4-19(20)16-7-11-18(22-2)12-8-16/h5-12,19H,3-4,13-14H2,1-2H3/t19-/m0/s1. The zero-order valence-electron chi connectivity index (χ0n) is 13.3. The quantitative estimate of drug-likeness (QED) is 0.831. The van der Waals surface area contributed by atoms with Crippen molar-refractivity contribution in [3.8, 4) is 11.5 Å². The number of methoxy groups -OCH3 is 2. The van der Waals surface area contributed by atoms with Gasteiger partial charge in [0.1, 0.15) is 11.5 Å². The highest BCUT2D eigenvalue weighted by Gasteiger charge is 2.25. The Morgan fingerprint density at radius 1 is 0.909 bits per heavy atom. The van der Waals surface area contributed by atoms with Gasteiger partial charge in [0, 0.05) is 12.6 Å². The summed E-state index contributed by atoms with van der Waals surface area (Å²) in [7, 11) is 3.41. The van der Waals surface area contributed by atoms with Gasteiger partial charge in [-0.15, -0.1) is 0 Å². The fourth-order valence-corrected chi connectivity index (χ4v) is 3.18. The van der Waals surface area contributed by atoms with Gasteiger partial charge in [0.15, 0.2) is 0 Å². The van der Waals surface area contributed by atoms with Gasteiger partial charge in [-0.25, -0.2) is 0 Å². The van der Waals surface area contributed by atoms with E-state index in [1.165, 1.54) is 24.0 Å². The Bertz CT molecular complexity index is 592. The van der Waals surface area contributed by atoms with E-state index >= 15 is 0 Å². The van der Waals surface area contributed by atoms with Gasteiger partial charge < -0.3 is 9.47 Å². The first kappa shape index (κ1) is 14.9. The van der Waals surface area contributed by atoms with Crippen LogP contribution in [0.3, 0.4) is 0 Å². The number of rotatable bonds is 5. The van der Waals surface area contributed by atoms with Gasteiger partial charge in [-0.1, -0.05) is 24.3 Å². The van der Waals surface area contributed by atoms with Crippen molar-refractivity contribution in [3.05, 3.63) is 59.7 Å². The normalized spacial score (nSPS) is 18.4. The lowest BCUT2D eigenvalue weighted by Crippen LogP contribution is -2.22. The third kappa shape index (κ3) is 3.25. The van der Waals surface area contributed by atoms with Crippen molar-refractivity contribution < 1.29 is 9.47 Å². The Kier molecular flexibility index (Phi) is 4.64. The van der Waals surface area contributed by atoms with Gasteiger partial charge >= 0.3 is 0 Å². The molecule has 2 aromatic carbocycles. The molecule has 0 saturated carbocycles. The number of likely N-dealkylation sites (tertiary alicyclic amines) is 1. The van der Waals surface area contributed by atoms with E-state index in [2.05, 4.69) is 41.3 Å². The summed E-state index contributed by atoms with van der Waals surface area (Å²) >= 11 is 0. The topological polar surface area (TPSA) is 21.7 Å². The first-order valence-electron chi connectivity index (χ1n) is 7.81. The van der Waals surface area contributed by atoms with Crippen molar-refractivity contribution >= 4 is 0 Å². The molecule has 1 atom stereocenters. The lowest BCUT2D eigenvalue weighted by Gasteiger charge is -2.25. The van der Waals surface area contributed by atoms with E-state index in [1.54, 1.807) is 14.2 Å². The zero-order chi connectivity index (χ0) is 15.4. The minimum Gasteiger partial charge on any atom is -0.497 e. The smallest absolute Gasteiger partial charge is 0.118 e. The molecule has 0 spiro atoms. The minimum atomic E-state index is 0.507. The second-order valence-corrected chi connectivity index (χ2v) is 5.75. The summed E-state index contributed by atoms with van der Waals surface area (Å²) in [4.78, 5) is 2.56. The van der Waals surface area contributed by atoms with Crippen LogP contribution in [0.15, 0.2) is 48.5 Å². The van der Waals surface area contributed by atoms with E-state index in [0.29, 0.717) is 6.04 Å². The summed E-state index contributed by atoms with van der Waals surface area (Å²) in [6, 6.07) is 17.4. The van der Waals surface area contributed by atoms with Crippen molar-refractivity contribution in [1.82, 2.24) is 4.90 Å². The maximum absolute atomic E-state index is 5.25. The average Bonchev–Trinajstić information content (AvgIpc) is 3.04. The highest BCUT2D eigenvalue weighted by Crippen LogP contribution is 2.34. The van der Waals surface area contributed by atoms with Crippen molar-refractivity contribution in [1.29, 1.82) is 0 Å². The lowest BCUT2D eigenvalue weighted by molar-refractivity contribution is 0.248. The number of nitrogens with zero attached hydrogens (tertiary/aromatic N) is 1. The predicted octanol–water partition coefficient (Wildman–Crippen LogP) is 4.04. The highest BCUT2D eigenvalue weighted by molar-refractivity contribution is 5.30. The molecule has 1 saturated heterocycles. The molecule has 0 N–H and O–H groups in total. The van der Waals surface area contributed by atoms with E-state index in [-0.39, 0.29) is 0 Å². The molecule has 116 valence electrons. The molecule has 3 rings (SSSR count). The van der Waals surface area contributed by atoms with Crippen LogP contribution in [0.2, 0.25) is 0 Å². The molecule has 0 bridgehead atoms. The van der Waals surface area contributed by atoms with E-state index in [0.717, 1.165) is 24.6 Å². The molecule has 2 aromatic rings. The van der Waals surface area contributed by atoms with Gasteiger partial charge in [-0.2, -0.15) is 0 Å². The van der Waals surface area contributed by atoms with Crippen molar-refractivity contribution in [2.45, 2.75) is 25.4 Å². The van der Waals surface area contributed by atoms with E-state index in [9.17, 15) is 0 Å². The van der Waals surface area contributed by atoms with Gasteiger partial charge in [-0.3, -0.25) is 4.90 Å². The van der Waals surface area contributed by atoms with Crippen LogP contribution >= 0.6 is 0 Å². The van der Waals surface area contributed by atoms with E-state index < -0.39 is 0 Å². The molecule has 22 heavy (non-hydrogen) atoms. The Morgan fingerprint density at radius 3 is 2.09 bits per heavy atom. The number of ether oxygens (including phenoxy) is 2. The van der Waals surface area contributed by atoms with E-state index in [1.807, 2.05) is 12.1 Å². The van der Waals surface area contributed by atoms with Crippen LogP contribution in [0.4, 0.5) is 0 Å². The summed E-state index contributed by atoms with van der Waals surface area (Å²) in [5.41, 5.74) is 2.72. The minimum absolute atomic E-state index is 0.507. The summed E-state index contributed by atoms with van der Waals surface area (Å²) in [6.45, 7) is 2.14. The molecule has 1 fully saturated rings. The third-order valence-electron chi connectivity index (χ3n) is 4.41. The molecule has 0 unspecified atom stereocenters. The monoisotopic (exact) mass is 297 g/mol. The Hall–Kier alpha value is -2.00. The molecule has 1 aliphatic rings. The molecule has 0 aromatic heterocycles. The highest BCUT2D eigenvalue weighted by atomic mass is 16.5. The van der Waals surface area contributed by atoms with Crippen LogP contribution in [-0.2, 0) is 6.54 Å². The van der Waals surface area contributed by atoms with Crippen LogP contribution in [0, 0.1) is 0 Å². The van der Waals surface area contributed by atoms with Crippen LogP contribution < -0.4 is 9.47 Å². The van der Waals surface area contributed by atoms with Crippen molar-refractivity contribution in [2.24, 2.45) is 0 Å². The fraction of sp³-hybridized carbons (Fsp3) is 0.368. The first-order valence-corrected chi connectivity index (χ1v) is 7.81. The number of benzene rings is 2. The number of hydrogen-bond acceptors (Lipinski definition) is 3. The van der Waals surface area contributed by atoms with Crippen LogP contribution in [0.1, 0.15) is 30.0 Å². The first-order chi connectivity index (χ1) is 10.8.